The lowest BCUT2D eigenvalue weighted by atomic mass is 9.44. The summed E-state index contributed by atoms with van der Waals surface area (Å²) in [6.45, 7) is -0.673. The van der Waals surface area contributed by atoms with Gasteiger partial charge in [0.15, 0.2) is 29.8 Å². The van der Waals surface area contributed by atoms with Crippen molar-refractivity contribution in [3.8, 4) is 11.5 Å². The number of nitrogens with one attached hydrogen (secondary N) is 2. The van der Waals surface area contributed by atoms with Gasteiger partial charge < -0.3 is 19.9 Å². The summed E-state index contributed by atoms with van der Waals surface area (Å²) in [6.07, 6.45) is 0.480. The molecule has 1 unspecified atom stereocenters. The molecular weight excluding hydrogens is 456 g/mol. The molecule has 0 heterocycles. The fourth-order valence-electron chi connectivity index (χ4n) is 4.30. The first-order valence-corrected chi connectivity index (χ1v) is 10.1. The van der Waals surface area contributed by atoms with E-state index in [1.165, 1.54) is 12.1 Å². The van der Waals surface area contributed by atoms with E-state index < -0.39 is 46.3 Å². The molecule has 0 saturated heterocycles. The first-order chi connectivity index (χ1) is 15.1. The van der Waals surface area contributed by atoms with Crippen molar-refractivity contribution in [3.05, 3.63) is 58.6 Å². The largest absolute Gasteiger partial charge is 0.486 e. The number of amides is 1. The van der Waals surface area contributed by atoms with Crippen LogP contribution in [0.5, 0.6) is 11.5 Å². The fraction of sp³-hybridized carbons (Fsp3) is 0.381. The quantitative estimate of drug-likeness (QED) is 0.296. The van der Waals surface area contributed by atoms with Crippen LogP contribution in [-0.4, -0.2) is 41.5 Å². The Kier molecular flexibility index (Phi) is 5.95. The summed E-state index contributed by atoms with van der Waals surface area (Å²) in [5.74, 6) is -5.01. The predicted molar refractivity (Wildman–Crippen MR) is 105 cm³/mol. The van der Waals surface area contributed by atoms with Crippen molar-refractivity contribution in [1.82, 2.24) is 10.6 Å². The van der Waals surface area contributed by atoms with E-state index in [-0.39, 0.29) is 29.9 Å². The molecule has 2 aromatic carbocycles. The molecule has 2 aromatic rings. The van der Waals surface area contributed by atoms with Gasteiger partial charge in [-0.25, -0.2) is 17.6 Å². The van der Waals surface area contributed by atoms with Crippen LogP contribution < -0.4 is 20.1 Å². The highest BCUT2D eigenvalue weighted by Crippen LogP contribution is 2.60. The van der Waals surface area contributed by atoms with Crippen LogP contribution in [0.25, 0.3) is 0 Å². The van der Waals surface area contributed by atoms with E-state index in [4.69, 9.17) is 21.1 Å². The molecule has 3 fully saturated rings. The zero-order valence-corrected chi connectivity index (χ0v) is 17.3. The Morgan fingerprint density at radius 3 is 2.38 bits per heavy atom. The normalized spacial score (nSPS) is 24.2. The number of aliphatic hydroxyl groups excluding tert-OH is 1. The molecule has 0 aliphatic heterocycles. The zero-order chi connectivity index (χ0) is 23.1. The van der Waals surface area contributed by atoms with Crippen LogP contribution in [-0.2, 0) is 4.79 Å². The van der Waals surface area contributed by atoms with Crippen LogP contribution in [0.15, 0.2) is 30.3 Å². The van der Waals surface area contributed by atoms with Crippen molar-refractivity contribution >= 4 is 17.5 Å². The lowest BCUT2D eigenvalue weighted by molar-refractivity contribution is -0.152. The molecule has 172 valence electrons. The Morgan fingerprint density at radius 2 is 1.69 bits per heavy atom. The van der Waals surface area contributed by atoms with E-state index in [9.17, 15) is 27.5 Å². The minimum absolute atomic E-state index is 0.0454. The molecule has 1 amide bonds. The number of halogens is 5. The van der Waals surface area contributed by atoms with Gasteiger partial charge in [0.05, 0.1) is 5.02 Å². The van der Waals surface area contributed by atoms with E-state index in [2.05, 4.69) is 10.6 Å². The van der Waals surface area contributed by atoms with Crippen LogP contribution in [0, 0.1) is 23.3 Å². The summed E-state index contributed by atoms with van der Waals surface area (Å²) in [7, 11) is 0. The summed E-state index contributed by atoms with van der Waals surface area (Å²) in [6, 6.07) is 4.81. The molecule has 1 atom stereocenters. The number of hydrogen-bond donors (Lipinski definition) is 3. The van der Waals surface area contributed by atoms with Gasteiger partial charge in [-0.2, -0.15) is 0 Å². The number of rotatable bonds is 9. The highest BCUT2D eigenvalue weighted by atomic mass is 35.5. The lowest BCUT2D eigenvalue weighted by Gasteiger charge is -2.71. The van der Waals surface area contributed by atoms with Crippen LogP contribution in [0.4, 0.5) is 17.6 Å². The second-order valence-electron chi connectivity index (χ2n) is 8.17. The van der Waals surface area contributed by atoms with Gasteiger partial charge in [-0.05, 0) is 31.4 Å². The first kappa shape index (κ1) is 22.6. The molecule has 3 aliphatic rings. The van der Waals surface area contributed by atoms with Crippen molar-refractivity contribution in [2.45, 2.75) is 36.6 Å². The van der Waals surface area contributed by atoms with Crippen molar-refractivity contribution in [1.29, 1.82) is 0 Å². The topological polar surface area (TPSA) is 79.8 Å². The highest BCUT2D eigenvalue weighted by Gasteiger charge is 2.68. The lowest BCUT2D eigenvalue weighted by Crippen LogP contribution is -2.84. The van der Waals surface area contributed by atoms with E-state index in [0.29, 0.717) is 31.4 Å². The predicted octanol–water partition coefficient (Wildman–Crippen LogP) is 3.05. The highest BCUT2D eigenvalue weighted by molar-refractivity contribution is 6.30. The molecule has 32 heavy (non-hydrogen) atoms. The first-order valence-electron chi connectivity index (χ1n) is 9.71. The Balaban J connectivity index is 1.19. The SMILES string of the molecule is O=C(COc1ccc(Cl)c(F)c1)NC12CC(NC(O)COc3cc(F)c(F)cc3F)(C1)C2. The standard InChI is InChI=1S/C21H19ClF4N2O4/c22-12-2-1-11(3-13(12)23)31-6-18(29)27-20-8-21(9-20,10-20)28-19(30)7-32-17-5-15(25)14(24)4-16(17)26/h1-5,19,28,30H,6-10H2,(H,27,29). The van der Waals surface area contributed by atoms with Gasteiger partial charge in [0.2, 0.25) is 0 Å². The molecule has 11 heteroatoms. The maximum Gasteiger partial charge on any atom is 0.258 e. The average Bonchev–Trinajstić information content (AvgIpc) is 2.68. The Bertz CT molecular complexity index is 1030. The number of benzene rings is 2. The third-order valence-corrected chi connectivity index (χ3v) is 5.85. The minimum Gasteiger partial charge on any atom is -0.486 e. The molecule has 0 spiro atoms. The van der Waals surface area contributed by atoms with Crippen LogP contribution in [0.2, 0.25) is 5.02 Å². The van der Waals surface area contributed by atoms with E-state index >= 15 is 0 Å². The fourth-order valence-corrected chi connectivity index (χ4v) is 4.42. The van der Waals surface area contributed by atoms with Crippen LogP contribution >= 0.6 is 11.6 Å². The average molecular weight is 475 g/mol. The molecular formula is C21H19ClF4N2O4. The number of aliphatic hydroxyl groups is 1. The van der Waals surface area contributed by atoms with Crippen molar-refractivity contribution in [2.24, 2.45) is 0 Å². The van der Waals surface area contributed by atoms with Gasteiger partial charge in [-0.1, -0.05) is 11.6 Å². The number of carbonyl (C=O) groups is 1. The Labute approximate surface area is 185 Å². The van der Waals surface area contributed by atoms with Crippen molar-refractivity contribution in [3.63, 3.8) is 0 Å². The Morgan fingerprint density at radius 1 is 1.00 bits per heavy atom. The van der Waals surface area contributed by atoms with Crippen LogP contribution in [0.3, 0.4) is 0 Å². The second kappa shape index (κ2) is 8.42. The van der Waals surface area contributed by atoms with Gasteiger partial charge in [-0.3, -0.25) is 10.1 Å². The van der Waals surface area contributed by atoms with E-state index in [1.54, 1.807) is 0 Å². The molecule has 0 radical (unpaired) electrons. The summed E-state index contributed by atoms with van der Waals surface area (Å²) in [5, 5.41) is 15.9. The minimum atomic E-state index is -1.33. The second-order valence-corrected chi connectivity index (χ2v) is 8.58. The zero-order valence-electron chi connectivity index (χ0n) is 16.6. The molecule has 3 aliphatic carbocycles. The number of ether oxygens (including phenoxy) is 2. The van der Waals surface area contributed by atoms with Crippen LogP contribution in [0.1, 0.15) is 19.3 Å². The third kappa shape index (κ3) is 4.62. The van der Waals surface area contributed by atoms with Gasteiger partial charge in [-0.15, -0.1) is 0 Å². The van der Waals surface area contributed by atoms with Crippen molar-refractivity contribution in [2.75, 3.05) is 13.2 Å². The van der Waals surface area contributed by atoms with Gasteiger partial charge in [0.25, 0.3) is 5.91 Å². The molecule has 3 saturated carbocycles. The maximum absolute atomic E-state index is 13.6. The molecule has 3 N–H and O–H groups in total. The van der Waals surface area contributed by atoms with E-state index in [1.807, 2.05) is 0 Å². The van der Waals surface area contributed by atoms with E-state index in [0.717, 1.165) is 6.07 Å². The summed E-state index contributed by atoms with van der Waals surface area (Å²) in [5.41, 5.74) is -0.811. The molecule has 6 nitrogen and oxygen atoms in total. The number of hydrogen-bond acceptors (Lipinski definition) is 5. The van der Waals surface area contributed by atoms with Gasteiger partial charge >= 0.3 is 0 Å². The molecule has 5 rings (SSSR count). The smallest absolute Gasteiger partial charge is 0.258 e. The van der Waals surface area contributed by atoms with Crippen molar-refractivity contribution < 1.29 is 36.9 Å². The Hall–Kier alpha value is -2.56. The maximum atomic E-state index is 13.6. The summed E-state index contributed by atoms with van der Waals surface area (Å²) >= 11 is 5.59. The number of carbonyl (C=O) groups excluding carboxylic acids is 1. The summed E-state index contributed by atoms with van der Waals surface area (Å²) in [4.78, 5) is 12.1. The third-order valence-electron chi connectivity index (χ3n) is 5.54. The summed E-state index contributed by atoms with van der Waals surface area (Å²) < 4.78 is 63.4. The van der Waals surface area contributed by atoms with Gasteiger partial charge in [0.1, 0.15) is 24.4 Å². The molecule has 0 aromatic heterocycles. The monoisotopic (exact) mass is 474 g/mol. The van der Waals surface area contributed by atoms with Gasteiger partial charge in [0, 0.05) is 29.3 Å². The molecule has 2 bridgehead atoms.